The van der Waals surface area contributed by atoms with Crippen LogP contribution in [0, 0.1) is 0 Å². The molecule has 0 aromatic carbocycles. The molecule has 0 bridgehead atoms. The van der Waals surface area contributed by atoms with E-state index in [0.29, 0.717) is 23.3 Å². The molecule has 7 heteroatoms. The van der Waals surface area contributed by atoms with Gasteiger partial charge in [-0.25, -0.2) is 10.8 Å². The number of nitrogens with zero attached hydrogens (tertiary/aromatic N) is 3. The van der Waals surface area contributed by atoms with Crippen LogP contribution < -0.4 is 16.2 Å². The molecule has 0 radical (unpaired) electrons. The lowest BCUT2D eigenvalue weighted by atomic mass is 10.3. The normalized spacial score (nSPS) is 10.3. The Hall–Kier alpha value is -1.79. The monoisotopic (exact) mass is 253 g/mol. The Morgan fingerprint density at radius 1 is 1.59 bits per heavy atom. The number of anilines is 2. The Morgan fingerprint density at radius 2 is 2.41 bits per heavy atom. The highest BCUT2D eigenvalue weighted by Crippen LogP contribution is 2.23. The number of nitrogen functional groups attached to an aromatic ring is 1. The molecule has 0 unspecified atom stereocenters. The minimum absolute atomic E-state index is 0.323. The molecule has 0 saturated heterocycles. The number of rotatable bonds is 4. The molecule has 2 rings (SSSR count). The number of nitrogens with two attached hydrogens (primary N) is 1. The highest BCUT2D eigenvalue weighted by atomic mass is 35.5. The van der Waals surface area contributed by atoms with Crippen LogP contribution in [-0.4, -0.2) is 17.0 Å². The van der Waals surface area contributed by atoms with Crippen LogP contribution in [-0.2, 0) is 6.54 Å². The Bertz CT molecular complexity index is 487. The molecule has 0 aliphatic heterocycles. The van der Waals surface area contributed by atoms with Crippen molar-refractivity contribution in [3.63, 3.8) is 0 Å². The summed E-state index contributed by atoms with van der Waals surface area (Å²) in [6, 6.07) is 1.88. The number of nitrogens with one attached hydrogen (secondary N) is 1. The minimum atomic E-state index is 0.323. The summed E-state index contributed by atoms with van der Waals surface area (Å²) in [7, 11) is 1.88. The topological polar surface area (TPSA) is 80.2 Å². The maximum absolute atomic E-state index is 6.03. The van der Waals surface area contributed by atoms with Crippen LogP contribution in [0.15, 0.2) is 29.2 Å². The van der Waals surface area contributed by atoms with E-state index < -0.39 is 0 Å². The molecule has 0 saturated carbocycles. The van der Waals surface area contributed by atoms with Crippen molar-refractivity contribution in [2.24, 2.45) is 5.84 Å². The van der Waals surface area contributed by atoms with E-state index >= 15 is 0 Å². The first kappa shape index (κ1) is 11.7. The third-order valence-corrected chi connectivity index (χ3v) is 2.48. The second-order valence-electron chi connectivity index (χ2n) is 3.50. The molecule has 0 amide bonds. The quantitative estimate of drug-likeness (QED) is 0.637. The van der Waals surface area contributed by atoms with Gasteiger partial charge in [-0.05, 0) is 6.07 Å². The second kappa shape index (κ2) is 5.03. The van der Waals surface area contributed by atoms with Crippen molar-refractivity contribution in [2.75, 3.05) is 17.4 Å². The fourth-order valence-electron chi connectivity index (χ4n) is 1.43. The standard InChI is InChI=1S/C10H12ClN5O/c1-16(5-7-2-3-17-6-7)9-8(11)4-13-10(14-9)15-12/h2-4,6H,5,12H2,1H3,(H,13,14,15). The summed E-state index contributed by atoms with van der Waals surface area (Å²) in [6.07, 6.45) is 4.80. The number of hydrogen-bond donors (Lipinski definition) is 2. The summed E-state index contributed by atoms with van der Waals surface area (Å²) >= 11 is 6.03. The van der Waals surface area contributed by atoms with E-state index in [0.717, 1.165) is 5.56 Å². The van der Waals surface area contributed by atoms with Crippen molar-refractivity contribution in [1.29, 1.82) is 0 Å². The molecule has 0 aliphatic carbocycles. The van der Waals surface area contributed by atoms with Crippen LogP contribution in [0.1, 0.15) is 5.56 Å². The van der Waals surface area contributed by atoms with Gasteiger partial charge in [-0.1, -0.05) is 11.6 Å². The third kappa shape index (κ3) is 2.66. The Balaban J connectivity index is 2.20. The number of hydrogen-bond acceptors (Lipinski definition) is 6. The average molecular weight is 254 g/mol. The van der Waals surface area contributed by atoms with Gasteiger partial charge in [0.25, 0.3) is 0 Å². The van der Waals surface area contributed by atoms with Crippen LogP contribution in [0.5, 0.6) is 0 Å². The van der Waals surface area contributed by atoms with E-state index in [1.807, 2.05) is 18.0 Å². The van der Waals surface area contributed by atoms with Gasteiger partial charge in [0, 0.05) is 19.2 Å². The predicted octanol–water partition coefficient (Wildman–Crippen LogP) is 1.64. The molecule has 6 nitrogen and oxygen atoms in total. The summed E-state index contributed by atoms with van der Waals surface area (Å²) in [5.74, 6) is 6.18. The predicted molar refractivity (Wildman–Crippen MR) is 65.7 cm³/mol. The summed E-state index contributed by atoms with van der Waals surface area (Å²) < 4.78 is 5.00. The summed E-state index contributed by atoms with van der Waals surface area (Å²) in [5, 5.41) is 0.468. The van der Waals surface area contributed by atoms with Gasteiger partial charge in [0.05, 0.1) is 18.7 Å². The van der Waals surface area contributed by atoms with Crippen LogP contribution in [0.3, 0.4) is 0 Å². The number of furan rings is 1. The first-order chi connectivity index (χ1) is 8.20. The van der Waals surface area contributed by atoms with Crippen molar-refractivity contribution < 1.29 is 4.42 Å². The Morgan fingerprint density at radius 3 is 3.06 bits per heavy atom. The number of hydrazine groups is 1. The summed E-state index contributed by atoms with van der Waals surface area (Å²) in [6.45, 7) is 0.636. The zero-order valence-corrected chi connectivity index (χ0v) is 9.98. The lowest BCUT2D eigenvalue weighted by Crippen LogP contribution is -2.19. The van der Waals surface area contributed by atoms with E-state index in [4.69, 9.17) is 21.9 Å². The van der Waals surface area contributed by atoms with E-state index in [9.17, 15) is 0 Å². The number of aromatic nitrogens is 2. The van der Waals surface area contributed by atoms with E-state index in [2.05, 4.69) is 15.4 Å². The molecule has 3 N–H and O–H groups in total. The fourth-order valence-corrected chi connectivity index (χ4v) is 1.66. The van der Waals surface area contributed by atoms with E-state index in [-0.39, 0.29) is 0 Å². The van der Waals surface area contributed by atoms with Gasteiger partial charge in [-0.3, -0.25) is 5.43 Å². The fraction of sp³-hybridized carbons (Fsp3) is 0.200. The Labute approximate surface area is 103 Å². The van der Waals surface area contributed by atoms with Gasteiger partial charge in [0.15, 0.2) is 5.82 Å². The van der Waals surface area contributed by atoms with Gasteiger partial charge < -0.3 is 9.32 Å². The zero-order valence-electron chi connectivity index (χ0n) is 9.22. The lowest BCUT2D eigenvalue weighted by Gasteiger charge is -2.18. The van der Waals surface area contributed by atoms with Crippen molar-refractivity contribution in [2.45, 2.75) is 6.54 Å². The molecule has 2 heterocycles. The smallest absolute Gasteiger partial charge is 0.239 e. The molecule has 0 spiro atoms. The van der Waals surface area contributed by atoms with Crippen LogP contribution in [0.2, 0.25) is 5.02 Å². The van der Waals surface area contributed by atoms with Crippen molar-refractivity contribution in [3.05, 3.63) is 35.4 Å². The summed E-state index contributed by atoms with van der Waals surface area (Å²) in [4.78, 5) is 9.98. The van der Waals surface area contributed by atoms with Crippen LogP contribution in [0.4, 0.5) is 11.8 Å². The molecular formula is C10H12ClN5O. The SMILES string of the molecule is CN(Cc1ccoc1)c1nc(NN)ncc1Cl. The first-order valence-corrected chi connectivity index (χ1v) is 5.30. The highest BCUT2D eigenvalue weighted by molar-refractivity contribution is 6.32. The van der Waals surface area contributed by atoms with Gasteiger partial charge in [-0.15, -0.1) is 0 Å². The van der Waals surface area contributed by atoms with Crippen LogP contribution >= 0.6 is 11.6 Å². The zero-order chi connectivity index (χ0) is 12.3. The van der Waals surface area contributed by atoms with Crippen molar-refractivity contribution in [1.82, 2.24) is 9.97 Å². The van der Waals surface area contributed by atoms with Crippen LogP contribution in [0.25, 0.3) is 0 Å². The van der Waals surface area contributed by atoms with E-state index in [1.165, 1.54) is 6.20 Å². The molecule has 0 fully saturated rings. The van der Waals surface area contributed by atoms with Crippen molar-refractivity contribution in [3.8, 4) is 0 Å². The van der Waals surface area contributed by atoms with Gasteiger partial charge in [-0.2, -0.15) is 4.98 Å². The van der Waals surface area contributed by atoms with E-state index in [1.54, 1.807) is 12.5 Å². The van der Waals surface area contributed by atoms with Gasteiger partial charge in [0.1, 0.15) is 5.02 Å². The Kier molecular flexibility index (Phi) is 3.46. The molecule has 0 atom stereocenters. The first-order valence-electron chi connectivity index (χ1n) is 4.92. The second-order valence-corrected chi connectivity index (χ2v) is 3.90. The molecule has 17 heavy (non-hydrogen) atoms. The highest BCUT2D eigenvalue weighted by Gasteiger charge is 2.10. The molecular weight excluding hydrogens is 242 g/mol. The minimum Gasteiger partial charge on any atom is -0.472 e. The lowest BCUT2D eigenvalue weighted by molar-refractivity contribution is 0.563. The largest absolute Gasteiger partial charge is 0.472 e. The molecule has 2 aromatic heterocycles. The molecule has 90 valence electrons. The maximum Gasteiger partial charge on any atom is 0.239 e. The van der Waals surface area contributed by atoms with Gasteiger partial charge >= 0.3 is 0 Å². The summed E-state index contributed by atoms with van der Waals surface area (Å²) in [5.41, 5.74) is 3.41. The maximum atomic E-state index is 6.03. The van der Waals surface area contributed by atoms with Crippen molar-refractivity contribution >= 4 is 23.4 Å². The third-order valence-electron chi connectivity index (χ3n) is 2.22. The van der Waals surface area contributed by atoms with Gasteiger partial charge in [0.2, 0.25) is 5.95 Å². The average Bonchev–Trinajstić information content (AvgIpc) is 2.82. The molecule has 2 aromatic rings. The number of halogens is 1. The molecule has 0 aliphatic rings.